The second kappa shape index (κ2) is 6.19. The quantitative estimate of drug-likeness (QED) is 0.910. The van der Waals surface area contributed by atoms with Crippen LogP contribution in [0.15, 0.2) is 42.5 Å². The monoisotopic (exact) mass is 318 g/mol. The van der Waals surface area contributed by atoms with Crippen LogP contribution in [0.2, 0.25) is 0 Å². The highest BCUT2D eigenvalue weighted by atomic mass is 32.2. The molecule has 0 aliphatic rings. The van der Waals surface area contributed by atoms with Gasteiger partial charge in [0, 0.05) is 16.9 Å². The first-order valence-electron chi connectivity index (χ1n) is 6.71. The smallest absolute Gasteiger partial charge is 0.255 e. The first kappa shape index (κ1) is 16.0. The van der Waals surface area contributed by atoms with E-state index in [4.69, 9.17) is 0 Å². The zero-order valence-corrected chi connectivity index (χ0v) is 13.5. The summed E-state index contributed by atoms with van der Waals surface area (Å²) in [5.41, 5.74) is 3.69. The van der Waals surface area contributed by atoms with Gasteiger partial charge in [-0.2, -0.15) is 0 Å². The second-order valence-corrected chi connectivity index (χ2v) is 6.97. The van der Waals surface area contributed by atoms with E-state index in [2.05, 4.69) is 10.0 Å². The van der Waals surface area contributed by atoms with Gasteiger partial charge in [0.05, 0.1) is 6.26 Å². The van der Waals surface area contributed by atoms with Crippen molar-refractivity contribution in [1.82, 2.24) is 0 Å². The summed E-state index contributed by atoms with van der Waals surface area (Å²) in [6, 6.07) is 12.1. The molecule has 2 aromatic carbocycles. The number of sulfonamides is 1. The minimum Gasteiger partial charge on any atom is -0.322 e. The molecule has 2 aromatic rings. The number of carbonyl (C=O) groups is 1. The molecule has 2 N–H and O–H groups in total. The highest BCUT2D eigenvalue weighted by Gasteiger charge is 2.09. The van der Waals surface area contributed by atoms with Crippen LogP contribution in [-0.4, -0.2) is 20.6 Å². The molecule has 116 valence electrons. The van der Waals surface area contributed by atoms with Crippen molar-refractivity contribution in [3.63, 3.8) is 0 Å². The zero-order valence-electron chi connectivity index (χ0n) is 12.7. The van der Waals surface area contributed by atoms with E-state index in [0.717, 1.165) is 23.1 Å². The number of anilines is 2. The number of hydrogen-bond donors (Lipinski definition) is 2. The Balaban J connectivity index is 2.15. The van der Waals surface area contributed by atoms with Crippen molar-refractivity contribution in [2.45, 2.75) is 13.8 Å². The second-order valence-electron chi connectivity index (χ2n) is 5.22. The van der Waals surface area contributed by atoms with Gasteiger partial charge in [-0.3, -0.25) is 9.52 Å². The van der Waals surface area contributed by atoms with Crippen LogP contribution >= 0.6 is 0 Å². The third kappa shape index (κ3) is 4.33. The average molecular weight is 318 g/mol. The van der Waals surface area contributed by atoms with Gasteiger partial charge in [-0.1, -0.05) is 12.1 Å². The van der Waals surface area contributed by atoms with Crippen molar-refractivity contribution >= 4 is 27.3 Å². The number of aryl methyl sites for hydroxylation is 2. The Morgan fingerprint density at radius 3 is 2.23 bits per heavy atom. The summed E-state index contributed by atoms with van der Waals surface area (Å²) in [5.74, 6) is -0.236. The number of rotatable bonds is 4. The molecule has 5 nitrogen and oxygen atoms in total. The van der Waals surface area contributed by atoms with E-state index in [1.165, 1.54) is 0 Å². The molecule has 0 bridgehead atoms. The summed E-state index contributed by atoms with van der Waals surface area (Å²) in [5, 5.41) is 2.86. The standard InChI is InChI=1S/C16H18N2O3S/c1-11-4-5-12(2)15(10-11)17-16(19)13-6-8-14(9-7-13)18-22(3,20)21/h4-10,18H,1-3H3,(H,17,19). The minimum absolute atomic E-state index is 0.236. The molecule has 0 radical (unpaired) electrons. The molecule has 0 spiro atoms. The topological polar surface area (TPSA) is 75.3 Å². The SMILES string of the molecule is Cc1ccc(C)c(NC(=O)c2ccc(NS(C)(=O)=O)cc2)c1. The molecule has 0 atom stereocenters. The van der Waals surface area contributed by atoms with Crippen molar-refractivity contribution in [2.24, 2.45) is 0 Å². The fourth-order valence-electron chi connectivity index (χ4n) is 1.97. The van der Waals surface area contributed by atoms with Crippen LogP contribution in [0.3, 0.4) is 0 Å². The number of carbonyl (C=O) groups excluding carboxylic acids is 1. The van der Waals surface area contributed by atoms with Gasteiger partial charge in [-0.05, 0) is 55.3 Å². The first-order valence-corrected chi connectivity index (χ1v) is 8.60. The maximum absolute atomic E-state index is 12.2. The molecule has 0 heterocycles. The highest BCUT2D eigenvalue weighted by Crippen LogP contribution is 2.18. The summed E-state index contributed by atoms with van der Waals surface area (Å²) in [7, 11) is -3.32. The van der Waals surface area contributed by atoms with Gasteiger partial charge in [0.2, 0.25) is 10.0 Å². The molecular weight excluding hydrogens is 300 g/mol. The lowest BCUT2D eigenvalue weighted by molar-refractivity contribution is 0.102. The third-order valence-corrected chi connectivity index (χ3v) is 3.70. The molecule has 0 aromatic heterocycles. The molecule has 0 saturated heterocycles. The summed E-state index contributed by atoms with van der Waals surface area (Å²) >= 11 is 0. The molecule has 2 rings (SSSR count). The van der Waals surface area contributed by atoms with Gasteiger partial charge in [0.1, 0.15) is 0 Å². The lowest BCUT2D eigenvalue weighted by Crippen LogP contribution is -2.13. The van der Waals surface area contributed by atoms with Crippen LogP contribution in [0.1, 0.15) is 21.5 Å². The Labute approximate surface area is 130 Å². The van der Waals surface area contributed by atoms with Crippen molar-refractivity contribution in [3.8, 4) is 0 Å². The van der Waals surface area contributed by atoms with Crippen molar-refractivity contribution in [1.29, 1.82) is 0 Å². The van der Waals surface area contributed by atoms with E-state index >= 15 is 0 Å². The van der Waals surface area contributed by atoms with Crippen molar-refractivity contribution in [2.75, 3.05) is 16.3 Å². The van der Waals surface area contributed by atoms with Crippen molar-refractivity contribution in [3.05, 3.63) is 59.2 Å². The van der Waals surface area contributed by atoms with Crippen LogP contribution in [0, 0.1) is 13.8 Å². The average Bonchev–Trinajstić information content (AvgIpc) is 2.42. The zero-order chi connectivity index (χ0) is 16.3. The van der Waals surface area contributed by atoms with E-state index in [1.54, 1.807) is 24.3 Å². The molecule has 0 unspecified atom stereocenters. The molecule has 0 aliphatic heterocycles. The largest absolute Gasteiger partial charge is 0.322 e. The van der Waals surface area contributed by atoms with E-state index < -0.39 is 10.0 Å². The van der Waals surface area contributed by atoms with Crippen LogP contribution in [0.25, 0.3) is 0 Å². The predicted octanol–water partition coefficient (Wildman–Crippen LogP) is 2.93. The van der Waals surface area contributed by atoms with Crippen LogP contribution in [-0.2, 0) is 10.0 Å². The maximum Gasteiger partial charge on any atom is 0.255 e. The fraction of sp³-hybridized carbons (Fsp3) is 0.188. The van der Waals surface area contributed by atoms with E-state index in [9.17, 15) is 13.2 Å². The molecule has 0 saturated carbocycles. The Morgan fingerprint density at radius 1 is 1.00 bits per heavy atom. The van der Waals surface area contributed by atoms with Gasteiger partial charge in [-0.25, -0.2) is 8.42 Å². The molecule has 0 aliphatic carbocycles. The molecule has 6 heteroatoms. The van der Waals surface area contributed by atoms with Crippen molar-refractivity contribution < 1.29 is 13.2 Å². The van der Waals surface area contributed by atoms with E-state index in [-0.39, 0.29) is 5.91 Å². The van der Waals surface area contributed by atoms with Crippen LogP contribution in [0.4, 0.5) is 11.4 Å². The Kier molecular flexibility index (Phi) is 4.51. The number of benzene rings is 2. The Hall–Kier alpha value is -2.34. The highest BCUT2D eigenvalue weighted by molar-refractivity contribution is 7.92. The molecule has 1 amide bonds. The fourth-order valence-corrected chi connectivity index (χ4v) is 2.53. The molecule has 22 heavy (non-hydrogen) atoms. The Bertz CT molecular complexity index is 797. The number of amides is 1. The summed E-state index contributed by atoms with van der Waals surface area (Å²) in [6.45, 7) is 3.88. The van der Waals surface area contributed by atoms with E-state index in [0.29, 0.717) is 11.3 Å². The number of hydrogen-bond acceptors (Lipinski definition) is 3. The summed E-state index contributed by atoms with van der Waals surface area (Å²) in [4.78, 5) is 12.2. The van der Waals surface area contributed by atoms with Crippen LogP contribution in [0.5, 0.6) is 0 Å². The lowest BCUT2D eigenvalue weighted by Gasteiger charge is -2.10. The predicted molar refractivity (Wildman–Crippen MR) is 88.8 cm³/mol. The Morgan fingerprint density at radius 2 is 1.64 bits per heavy atom. The third-order valence-electron chi connectivity index (χ3n) is 3.09. The normalized spacial score (nSPS) is 11.0. The first-order chi connectivity index (χ1) is 10.2. The summed E-state index contributed by atoms with van der Waals surface area (Å²) < 4.78 is 24.6. The summed E-state index contributed by atoms with van der Waals surface area (Å²) in [6.07, 6.45) is 1.08. The van der Waals surface area contributed by atoms with Gasteiger partial charge >= 0.3 is 0 Å². The number of nitrogens with one attached hydrogen (secondary N) is 2. The van der Waals surface area contributed by atoms with E-state index in [1.807, 2.05) is 32.0 Å². The lowest BCUT2D eigenvalue weighted by atomic mass is 10.1. The molecular formula is C16H18N2O3S. The van der Waals surface area contributed by atoms with Gasteiger partial charge < -0.3 is 5.32 Å². The van der Waals surface area contributed by atoms with Crippen LogP contribution < -0.4 is 10.0 Å². The maximum atomic E-state index is 12.2. The molecule has 0 fully saturated rings. The minimum atomic E-state index is -3.32. The van der Waals surface area contributed by atoms with Gasteiger partial charge in [0.25, 0.3) is 5.91 Å². The van der Waals surface area contributed by atoms with Gasteiger partial charge in [0.15, 0.2) is 0 Å². The van der Waals surface area contributed by atoms with Gasteiger partial charge in [-0.15, -0.1) is 0 Å².